The molecule has 1 N–H and O–H groups in total. The van der Waals surface area contributed by atoms with Crippen LogP contribution in [-0.2, 0) is 6.42 Å². The Morgan fingerprint density at radius 3 is 2.83 bits per heavy atom. The van der Waals surface area contributed by atoms with E-state index in [1.807, 2.05) is 17.8 Å². The highest BCUT2D eigenvalue weighted by molar-refractivity contribution is 9.10. The van der Waals surface area contributed by atoms with Gasteiger partial charge in [0.05, 0.1) is 6.10 Å². The van der Waals surface area contributed by atoms with Crippen molar-refractivity contribution >= 4 is 39.5 Å². The Bertz CT molecular complexity index is 416. The largest absolute Gasteiger partial charge is 0.392 e. The summed E-state index contributed by atoms with van der Waals surface area (Å²) in [6, 6.07) is 5.01. The molecule has 0 radical (unpaired) electrons. The number of rotatable bonds is 3. The molecule has 1 fully saturated rings. The van der Waals surface area contributed by atoms with Gasteiger partial charge in [0, 0.05) is 32.9 Å². The second-order valence-corrected chi connectivity index (χ2v) is 8.11. The fourth-order valence-electron chi connectivity index (χ4n) is 2.10. The lowest BCUT2D eigenvalue weighted by Gasteiger charge is -2.31. The van der Waals surface area contributed by atoms with Gasteiger partial charge in [0.2, 0.25) is 0 Å². The van der Waals surface area contributed by atoms with Crippen LogP contribution in [0.2, 0.25) is 0 Å². The van der Waals surface area contributed by atoms with Crippen LogP contribution in [0.5, 0.6) is 0 Å². The van der Waals surface area contributed by atoms with E-state index < -0.39 is 6.10 Å². The molecule has 0 bridgehead atoms. The molecule has 1 heterocycles. The summed E-state index contributed by atoms with van der Waals surface area (Å²) in [5.41, 5.74) is 0.592. The average Bonchev–Trinajstić information content (AvgIpc) is 2.33. The second-order valence-electron chi connectivity index (χ2n) is 4.42. The zero-order valence-electron chi connectivity index (χ0n) is 10.1. The highest BCUT2D eigenvalue weighted by Crippen LogP contribution is 2.34. The van der Waals surface area contributed by atoms with Gasteiger partial charge in [0.1, 0.15) is 5.82 Å². The van der Waals surface area contributed by atoms with E-state index in [1.165, 1.54) is 6.07 Å². The van der Waals surface area contributed by atoms with Gasteiger partial charge in [-0.25, -0.2) is 4.39 Å². The first kappa shape index (κ1) is 14.7. The molecule has 1 aromatic carbocycles. The standard InChI is InChI=1S/C13H16BrFOS2/c1-8-13(18-5-4-17-8)12(16)6-9-2-3-10(14)7-11(9)15/h2-3,7-8,12-13,16H,4-6H2,1H3. The fourth-order valence-corrected chi connectivity index (χ4v) is 5.28. The summed E-state index contributed by atoms with van der Waals surface area (Å²) in [6.45, 7) is 2.14. The molecule has 0 aliphatic carbocycles. The number of thioether (sulfide) groups is 2. The van der Waals surface area contributed by atoms with Gasteiger partial charge in [-0.2, -0.15) is 23.5 Å². The van der Waals surface area contributed by atoms with Crippen LogP contribution in [0.25, 0.3) is 0 Å². The van der Waals surface area contributed by atoms with E-state index in [0.29, 0.717) is 17.2 Å². The number of benzene rings is 1. The SMILES string of the molecule is CC1SCCSC1C(O)Cc1ccc(Br)cc1F. The molecule has 5 heteroatoms. The van der Waals surface area contributed by atoms with Crippen LogP contribution in [0.15, 0.2) is 22.7 Å². The molecule has 18 heavy (non-hydrogen) atoms. The van der Waals surface area contributed by atoms with Gasteiger partial charge in [-0.1, -0.05) is 28.9 Å². The quantitative estimate of drug-likeness (QED) is 0.896. The summed E-state index contributed by atoms with van der Waals surface area (Å²) in [6.07, 6.45) is -0.0877. The first-order chi connectivity index (χ1) is 8.58. The van der Waals surface area contributed by atoms with Gasteiger partial charge in [-0.3, -0.25) is 0 Å². The van der Waals surface area contributed by atoms with Crippen molar-refractivity contribution in [2.45, 2.75) is 29.9 Å². The summed E-state index contributed by atoms with van der Waals surface area (Å²) in [4.78, 5) is 0. The fraction of sp³-hybridized carbons (Fsp3) is 0.538. The zero-order valence-corrected chi connectivity index (χ0v) is 13.3. The molecule has 1 aliphatic rings. The molecule has 1 aliphatic heterocycles. The van der Waals surface area contributed by atoms with Crippen LogP contribution in [0.1, 0.15) is 12.5 Å². The molecule has 0 saturated carbocycles. The third kappa shape index (κ3) is 3.65. The van der Waals surface area contributed by atoms with Crippen LogP contribution in [0.4, 0.5) is 4.39 Å². The molecule has 0 spiro atoms. The Kier molecular flexibility index (Phi) is 5.42. The minimum absolute atomic E-state index is 0.201. The summed E-state index contributed by atoms with van der Waals surface area (Å²) >= 11 is 6.93. The van der Waals surface area contributed by atoms with Crippen molar-refractivity contribution in [3.8, 4) is 0 Å². The lowest BCUT2D eigenvalue weighted by Crippen LogP contribution is -2.36. The van der Waals surface area contributed by atoms with Gasteiger partial charge in [0.15, 0.2) is 0 Å². The first-order valence-corrected chi connectivity index (χ1v) is 8.82. The van der Waals surface area contributed by atoms with E-state index in [4.69, 9.17) is 0 Å². The smallest absolute Gasteiger partial charge is 0.127 e. The lowest BCUT2D eigenvalue weighted by atomic mass is 10.0. The van der Waals surface area contributed by atoms with E-state index in [-0.39, 0.29) is 11.1 Å². The van der Waals surface area contributed by atoms with Crippen molar-refractivity contribution in [3.63, 3.8) is 0 Å². The lowest BCUT2D eigenvalue weighted by molar-refractivity contribution is 0.170. The van der Waals surface area contributed by atoms with E-state index >= 15 is 0 Å². The Morgan fingerprint density at radius 1 is 1.44 bits per heavy atom. The van der Waals surface area contributed by atoms with Crippen LogP contribution in [0, 0.1) is 5.82 Å². The van der Waals surface area contributed by atoms with E-state index in [9.17, 15) is 9.50 Å². The number of hydrogen-bond acceptors (Lipinski definition) is 3. The molecule has 3 unspecified atom stereocenters. The van der Waals surface area contributed by atoms with Crippen molar-refractivity contribution < 1.29 is 9.50 Å². The monoisotopic (exact) mass is 350 g/mol. The van der Waals surface area contributed by atoms with E-state index in [0.717, 1.165) is 16.0 Å². The highest BCUT2D eigenvalue weighted by Gasteiger charge is 2.29. The van der Waals surface area contributed by atoms with Gasteiger partial charge < -0.3 is 5.11 Å². The Hall–Kier alpha value is 0.290. The molecule has 2 rings (SSSR count). The molecule has 1 nitrogen and oxygen atoms in total. The molecule has 1 saturated heterocycles. The maximum atomic E-state index is 13.7. The maximum Gasteiger partial charge on any atom is 0.127 e. The van der Waals surface area contributed by atoms with Crippen LogP contribution >= 0.6 is 39.5 Å². The van der Waals surface area contributed by atoms with Crippen LogP contribution in [0.3, 0.4) is 0 Å². The van der Waals surface area contributed by atoms with Crippen molar-refractivity contribution in [2.24, 2.45) is 0 Å². The Morgan fingerprint density at radius 2 is 2.17 bits per heavy atom. The van der Waals surface area contributed by atoms with Crippen LogP contribution in [-0.4, -0.2) is 33.2 Å². The van der Waals surface area contributed by atoms with Crippen LogP contribution < -0.4 is 0 Å². The summed E-state index contributed by atoms with van der Waals surface area (Å²) in [5.74, 6) is 1.96. The summed E-state index contributed by atoms with van der Waals surface area (Å²) in [5, 5.41) is 10.9. The molecular formula is C13H16BrFOS2. The van der Waals surface area contributed by atoms with Gasteiger partial charge in [0.25, 0.3) is 0 Å². The number of hydrogen-bond donors (Lipinski definition) is 1. The number of halogens is 2. The number of aliphatic hydroxyl groups is 1. The predicted octanol–water partition coefficient (Wildman–Crippen LogP) is 3.73. The van der Waals surface area contributed by atoms with Gasteiger partial charge in [-0.05, 0) is 17.7 Å². The predicted molar refractivity (Wildman–Crippen MR) is 82.0 cm³/mol. The highest BCUT2D eigenvalue weighted by atomic mass is 79.9. The Balaban J connectivity index is 2.03. The molecule has 0 amide bonds. The zero-order chi connectivity index (χ0) is 13.1. The van der Waals surface area contributed by atoms with Crippen molar-refractivity contribution in [3.05, 3.63) is 34.1 Å². The first-order valence-electron chi connectivity index (χ1n) is 5.93. The summed E-state index contributed by atoms with van der Waals surface area (Å²) < 4.78 is 14.5. The summed E-state index contributed by atoms with van der Waals surface area (Å²) in [7, 11) is 0. The molecular weight excluding hydrogens is 335 g/mol. The second kappa shape index (κ2) is 6.64. The van der Waals surface area contributed by atoms with Gasteiger partial charge in [-0.15, -0.1) is 0 Å². The average molecular weight is 351 g/mol. The van der Waals surface area contributed by atoms with E-state index in [2.05, 4.69) is 22.9 Å². The van der Waals surface area contributed by atoms with Gasteiger partial charge >= 0.3 is 0 Å². The van der Waals surface area contributed by atoms with Crippen molar-refractivity contribution in [1.29, 1.82) is 0 Å². The minimum Gasteiger partial charge on any atom is -0.392 e. The van der Waals surface area contributed by atoms with E-state index in [1.54, 1.807) is 17.8 Å². The molecule has 0 aromatic heterocycles. The minimum atomic E-state index is -0.478. The van der Waals surface area contributed by atoms with Crippen molar-refractivity contribution in [2.75, 3.05) is 11.5 Å². The third-order valence-corrected chi connectivity index (χ3v) is 6.79. The van der Waals surface area contributed by atoms with Crippen molar-refractivity contribution in [1.82, 2.24) is 0 Å². The molecule has 100 valence electrons. The Labute approximate surface area is 124 Å². The maximum absolute atomic E-state index is 13.7. The topological polar surface area (TPSA) is 20.2 Å². The number of aliphatic hydroxyl groups excluding tert-OH is 1. The third-order valence-electron chi connectivity index (χ3n) is 3.06. The normalized spacial score (nSPS) is 26.0. The molecule has 1 aromatic rings. The molecule has 3 atom stereocenters.